The summed E-state index contributed by atoms with van der Waals surface area (Å²) in [6.07, 6.45) is 6.32. The Morgan fingerprint density at radius 2 is 2.06 bits per heavy atom. The molecular weight excluding hydrogens is 224 g/mol. The van der Waals surface area contributed by atoms with Gasteiger partial charge in [0.05, 0.1) is 6.54 Å². The first-order chi connectivity index (χ1) is 8.81. The van der Waals surface area contributed by atoms with Crippen LogP contribution < -0.4 is 5.32 Å². The average Bonchev–Trinajstić information content (AvgIpc) is 2.82. The Balaban J connectivity index is 2.15. The Labute approximate surface area is 111 Å². The second-order valence-corrected chi connectivity index (χ2v) is 4.59. The molecule has 0 spiro atoms. The highest BCUT2D eigenvalue weighted by Crippen LogP contribution is 1.99. The summed E-state index contributed by atoms with van der Waals surface area (Å²) < 4.78 is 2.23. The van der Waals surface area contributed by atoms with Crippen molar-refractivity contribution in [1.82, 2.24) is 19.8 Å². The first-order valence-electron chi connectivity index (χ1n) is 7.24. The SMILES string of the molecule is CCCn1ccnc1CNCCCN(CC)CC. The van der Waals surface area contributed by atoms with Gasteiger partial charge in [-0.15, -0.1) is 0 Å². The van der Waals surface area contributed by atoms with Gasteiger partial charge >= 0.3 is 0 Å². The molecule has 0 aliphatic carbocycles. The van der Waals surface area contributed by atoms with Crippen LogP contribution in [-0.4, -0.2) is 40.6 Å². The standard InChI is InChI=1S/C14H28N4/c1-4-10-18-12-9-16-14(18)13-15-8-7-11-17(5-2)6-3/h9,12,15H,4-8,10-11,13H2,1-3H3. The van der Waals surface area contributed by atoms with Crippen LogP contribution in [0.15, 0.2) is 12.4 Å². The highest BCUT2D eigenvalue weighted by Gasteiger charge is 2.01. The summed E-state index contributed by atoms with van der Waals surface area (Å²) in [6.45, 7) is 13.1. The second kappa shape index (κ2) is 9.11. The lowest BCUT2D eigenvalue weighted by atomic mass is 10.3. The molecule has 0 aliphatic heterocycles. The van der Waals surface area contributed by atoms with Crippen molar-refractivity contribution in [2.45, 2.75) is 46.7 Å². The third-order valence-electron chi connectivity index (χ3n) is 3.27. The summed E-state index contributed by atoms with van der Waals surface area (Å²) in [7, 11) is 0. The van der Waals surface area contributed by atoms with E-state index >= 15 is 0 Å². The van der Waals surface area contributed by atoms with Crippen molar-refractivity contribution in [2.75, 3.05) is 26.2 Å². The average molecular weight is 252 g/mol. The maximum absolute atomic E-state index is 4.39. The lowest BCUT2D eigenvalue weighted by Gasteiger charge is -2.17. The van der Waals surface area contributed by atoms with Crippen LogP contribution in [0.1, 0.15) is 39.4 Å². The predicted octanol–water partition coefficient (Wildman–Crippen LogP) is 2.11. The molecule has 0 unspecified atom stereocenters. The Morgan fingerprint density at radius 3 is 2.72 bits per heavy atom. The van der Waals surface area contributed by atoms with Crippen molar-refractivity contribution >= 4 is 0 Å². The largest absolute Gasteiger partial charge is 0.334 e. The summed E-state index contributed by atoms with van der Waals surface area (Å²) in [5, 5.41) is 3.48. The van der Waals surface area contributed by atoms with E-state index in [1.807, 2.05) is 6.20 Å². The van der Waals surface area contributed by atoms with Gasteiger partial charge in [0, 0.05) is 18.9 Å². The molecule has 1 heterocycles. The van der Waals surface area contributed by atoms with E-state index < -0.39 is 0 Å². The zero-order valence-corrected chi connectivity index (χ0v) is 12.2. The van der Waals surface area contributed by atoms with Gasteiger partial charge in [-0.2, -0.15) is 0 Å². The molecule has 4 nitrogen and oxygen atoms in total. The Hall–Kier alpha value is -0.870. The van der Waals surface area contributed by atoms with E-state index in [4.69, 9.17) is 0 Å². The third-order valence-corrected chi connectivity index (χ3v) is 3.27. The highest BCUT2D eigenvalue weighted by atomic mass is 15.1. The number of aryl methyl sites for hydroxylation is 1. The van der Waals surface area contributed by atoms with E-state index in [0.717, 1.165) is 45.0 Å². The molecule has 0 aromatic carbocycles. The normalized spacial score (nSPS) is 11.3. The number of hydrogen-bond acceptors (Lipinski definition) is 3. The van der Waals surface area contributed by atoms with Crippen molar-refractivity contribution < 1.29 is 0 Å². The van der Waals surface area contributed by atoms with Gasteiger partial charge in [0.2, 0.25) is 0 Å². The van der Waals surface area contributed by atoms with E-state index in [-0.39, 0.29) is 0 Å². The second-order valence-electron chi connectivity index (χ2n) is 4.59. The first-order valence-corrected chi connectivity index (χ1v) is 7.24. The zero-order valence-electron chi connectivity index (χ0n) is 12.2. The molecule has 104 valence electrons. The molecule has 1 N–H and O–H groups in total. The zero-order chi connectivity index (χ0) is 13.2. The number of rotatable bonds is 10. The monoisotopic (exact) mass is 252 g/mol. The molecule has 0 amide bonds. The van der Waals surface area contributed by atoms with Crippen LogP contribution in [0.2, 0.25) is 0 Å². The number of aromatic nitrogens is 2. The summed E-state index contributed by atoms with van der Waals surface area (Å²) in [4.78, 5) is 6.85. The maximum Gasteiger partial charge on any atom is 0.122 e. The van der Waals surface area contributed by atoms with Gasteiger partial charge in [-0.3, -0.25) is 0 Å². The number of nitrogens with zero attached hydrogens (tertiary/aromatic N) is 3. The van der Waals surface area contributed by atoms with E-state index in [2.05, 4.69) is 46.7 Å². The van der Waals surface area contributed by atoms with Crippen LogP contribution in [0.5, 0.6) is 0 Å². The van der Waals surface area contributed by atoms with Gasteiger partial charge < -0.3 is 14.8 Å². The Kier molecular flexibility index (Phi) is 7.69. The highest BCUT2D eigenvalue weighted by molar-refractivity contribution is 4.91. The summed E-state index contributed by atoms with van der Waals surface area (Å²) in [5.74, 6) is 1.15. The van der Waals surface area contributed by atoms with Crippen LogP contribution in [-0.2, 0) is 13.1 Å². The van der Waals surface area contributed by atoms with Crippen LogP contribution in [0.4, 0.5) is 0 Å². The van der Waals surface area contributed by atoms with Gasteiger partial charge in [0.25, 0.3) is 0 Å². The molecule has 0 fully saturated rings. The van der Waals surface area contributed by atoms with Crippen molar-refractivity contribution in [1.29, 1.82) is 0 Å². The molecule has 4 heteroatoms. The molecule has 0 saturated heterocycles. The molecule has 1 aromatic heterocycles. The predicted molar refractivity (Wildman–Crippen MR) is 76.6 cm³/mol. The van der Waals surface area contributed by atoms with Gasteiger partial charge in [0.15, 0.2) is 0 Å². The van der Waals surface area contributed by atoms with Crippen LogP contribution in [0.3, 0.4) is 0 Å². The van der Waals surface area contributed by atoms with Crippen molar-refractivity contribution in [3.05, 3.63) is 18.2 Å². The van der Waals surface area contributed by atoms with Crippen molar-refractivity contribution in [3.63, 3.8) is 0 Å². The molecule has 0 bridgehead atoms. The lowest BCUT2D eigenvalue weighted by molar-refractivity contribution is 0.297. The molecule has 18 heavy (non-hydrogen) atoms. The van der Waals surface area contributed by atoms with Crippen LogP contribution in [0, 0.1) is 0 Å². The van der Waals surface area contributed by atoms with Crippen LogP contribution >= 0.6 is 0 Å². The maximum atomic E-state index is 4.39. The molecule has 0 atom stereocenters. The Bertz CT molecular complexity index is 304. The van der Waals surface area contributed by atoms with Crippen molar-refractivity contribution in [3.8, 4) is 0 Å². The van der Waals surface area contributed by atoms with Gasteiger partial charge in [-0.25, -0.2) is 4.98 Å². The minimum atomic E-state index is 0.880. The molecule has 0 saturated carbocycles. The van der Waals surface area contributed by atoms with E-state index in [0.29, 0.717) is 0 Å². The molecular formula is C14H28N4. The van der Waals surface area contributed by atoms with Gasteiger partial charge in [0.1, 0.15) is 5.82 Å². The summed E-state index contributed by atoms with van der Waals surface area (Å²) in [6, 6.07) is 0. The topological polar surface area (TPSA) is 33.1 Å². The third kappa shape index (κ3) is 5.19. The minimum absolute atomic E-state index is 0.880. The van der Waals surface area contributed by atoms with E-state index in [1.165, 1.54) is 13.0 Å². The Morgan fingerprint density at radius 1 is 1.28 bits per heavy atom. The summed E-state index contributed by atoms with van der Waals surface area (Å²) >= 11 is 0. The number of imidazole rings is 1. The molecule has 1 aromatic rings. The minimum Gasteiger partial charge on any atom is -0.334 e. The summed E-state index contributed by atoms with van der Waals surface area (Å²) in [5.41, 5.74) is 0. The quantitative estimate of drug-likeness (QED) is 0.648. The van der Waals surface area contributed by atoms with Crippen LogP contribution in [0.25, 0.3) is 0 Å². The molecule has 1 rings (SSSR count). The number of nitrogens with one attached hydrogen (secondary N) is 1. The lowest BCUT2D eigenvalue weighted by Crippen LogP contribution is -2.27. The molecule has 0 radical (unpaired) electrons. The van der Waals surface area contributed by atoms with E-state index in [1.54, 1.807) is 0 Å². The fourth-order valence-corrected chi connectivity index (χ4v) is 2.12. The van der Waals surface area contributed by atoms with E-state index in [9.17, 15) is 0 Å². The molecule has 0 aliphatic rings. The fraction of sp³-hybridized carbons (Fsp3) is 0.786. The van der Waals surface area contributed by atoms with Gasteiger partial charge in [-0.1, -0.05) is 20.8 Å². The smallest absolute Gasteiger partial charge is 0.122 e. The van der Waals surface area contributed by atoms with Gasteiger partial charge in [-0.05, 0) is 39.0 Å². The first kappa shape index (κ1) is 15.2. The van der Waals surface area contributed by atoms with Crippen molar-refractivity contribution in [2.24, 2.45) is 0 Å². The fourth-order valence-electron chi connectivity index (χ4n) is 2.12. The number of hydrogen-bond donors (Lipinski definition) is 1.